The van der Waals surface area contributed by atoms with Gasteiger partial charge in [0.15, 0.2) is 9.84 Å². The van der Waals surface area contributed by atoms with Gasteiger partial charge >= 0.3 is 12.4 Å². The van der Waals surface area contributed by atoms with Crippen LogP contribution in [0.4, 0.5) is 26.3 Å². The predicted octanol–water partition coefficient (Wildman–Crippen LogP) is 4.59. The first-order valence-corrected chi connectivity index (χ1v) is 9.91. The molecule has 11 heteroatoms. The van der Waals surface area contributed by atoms with Crippen molar-refractivity contribution in [3.05, 3.63) is 65.2 Å². The maximum Gasteiger partial charge on any atom is 0.416 e. The second kappa shape index (κ2) is 7.93. The van der Waals surface area contributed by atoms with Gasteiger partial charge in [0, 0.05) is 6.54 Å². The number of nitrogens with one attached hydrogen (secondary N) is 1. The van der Waals surface area contributed by atoms with Crippen LogP contribution in [0.2, 0.25) is 0 Å². The Balaban J connectivity index is 2.20. The van der Waals surface area contributed by atoms with E-state index in [0.717, 1.165) is 50.2 Å². The molecule has 2 aromatic rings. The molecule has 30 heavy (non-hydrogen) atoms. The number of carbonyl (C=O) groups is 1. The molecule has 4 nitrogen and oxygen atoms in total. The third-order valence-corrected chi connectivity index (χ3v) is 6.83. The van der Waals surface area contributed by atoms with Crippen molar-refractivity contribution >= 4 is 15.7 Å². The van der Waals surface area contributed by atoms with Gasteiger partial charge in [0.1, 0.15) is 4.75 Å². The lowest BCUT2D eigenvalue weighted by Gasteiger charge is -2.24. The topological polar surface area (TPSA) is 63.2 Å². The van der Waals surface area contributed by atoms with Crippen molar-refractivity contribution in [1.82, 2.24) is 5.32 Å². The molecule has 0 heterocycles. The van der Waals surface area contributed by atoms with Gasteiger partial charge in [0.2, 0.25) is 5.91 Å². The lowest BCUT2D eigenvalue weighted by Crippen LogP contribution is -2.47. The molecule has 0 fully saturated rings. The summed E-state index contributed by atoms with van der Waals surface area (Å²) in [6.45, 7) is 1.80. The highest BCUT2D eigenvalue weighted by Crippen LogP contribution is 2.33. The summed E-state index contributed by atoms with van der Waals surface area (Å²) in [5, 5.41) is 2.30. The maximum atomic E-state index is 12.9. The summed E-state index contributed by atoms with van der Waals surface area (Å²) in [7, 11) is -4.51. The zero-order valence-corrected chi connectivity index (χ0v) is 16.5. The summed E-state index contributed by atoms with van der Waals surface area (Å²) in [5.74, 6) is -1.01. The fourth-order valence-electron chi connectivity index (χ4n) is 2.46. The zero-order chi connectivity index (χ0) is 23.0. The number of hydrogen-bond donors (Lipinski definition) is 1. The van der Waals surface area contributed by atoms with Gasteiger partial charge in [-0.15, -0.1) is 0 Å². The third-order valence-electron chi connectivity index (χ3n) is 4.42. The van der Waals surface area contributed by atoms with Crippen molar-refractivity contribution < 1.29 is 39.6 Å². The Morgan fingerprint density at radius 1 is 0.867 bits per heavy atom. The average Bonchev–Trinajstić information content (AvgIpc) is 2.65. The molecular weight excluding hydrogens is 436 g/mol. The number of halogens is 6. The Morgan fingerprint density at radius 2 is 1.40 bits per heavy atom. The first kappa shape index (κ1) is 23.7. The smallest absolute Gasteiger partial charge is 0.351 e. The highest BCUT2D eigenvalue weighted by molar-refractivity contribution is 7.93. The average molecular weight is 453 g/mol. The molecular formula is C19H17F6NO3S. The van der Waals surface area contributed by atoms with E-state index in [2.05, 4.69) is 5.32 Å². The number of rotatable bonds is 5. The first-order valence-electron chi connectivity index (χ1n) is 8.43. The van der Waals surface area contributed by atoms with E-state index >= 15 is 0 Å². The Morgan fingerprint density at radius 3 is 1.90 bits per heavy atom. The minimum absolute atomic E-state index is 0.265. The van der Waals surface area contributed by atoms with E-state index in [4.69, 9.17) is 0 Å². The molecule has 0 atom stereocenters. The highest BCUT2D eigenvalue weighted by Gasteiger charge is 2.43. The number of benzene rings is 2. The molecule has 0 aromatic heterocycles. The number of amides is 1. The van der Waals surface area contributed by atoms with Gasteiger partial charge in [-0.1, -0.05) is 18.2 Å². The van der Waals surface area contributed by atoms with Gasteiger partial charge < -0.3 is 5.32 Å². The van der Waals surface area contributed by atoms with Crippen LogP contribution in [0.1, 0.15) is 30.5 Å². The van der Waals surface area contributed by atoms with Crippen LogP contribution in [0.25, 0.3) is 0 Å². The summed E-state index contributed by atoms with van der Waals surface area (Å²) < 4.78 is 99.8. The summed E-state index contributed by atoms with van der Waals surface area (Å²) in [6, 6.07) is 6.89. The molecule has 0 bridgehead atoms. The van der Waals surface area contributed by atoms with Crippen LogP contribution in [0.3, 0.4) is 0 Å². The maximum absolute atomic E-state index is 12.9. The quantitative estimate of drug-likeness (QED) is 0.674. The Kier molecular flexibility index (Phi) is 6.27. The first-order chi connectivity index (χ1) is 13.6. The van der Waals surface area contributed by atoms with Crippen molar-refractivity contribution in [2.24, 2.45) is 0 Å². The van der Waals surface area contributed by atoms with E-state index in [9.17, 15) is 39.6 Å². The number of carbonyl (C=O) groups excluding carboxylic acids is 1. The second-order valence-corrected chi connectivity index (χ2v) is 9.42. The molecule has 2 aromatic carbocycles. The predicted molar refractivity (Wildman–Crippen MR) is 96.0 cm³/mol. The van der Waals surface area contributed by atoms with Crippen molar-refractivity contribution in [3.8, 4) is 0 Å². The fraction of sp³-hybridized carbons (Fsp3) is 0.316. The number of hydrogen-bond acceptors (Lipinski definition) is 3. The van der Waals surface area contributed by atoms with Crippen LogP contribution in [0.15, 0.2) is 53.4 Å². The van der Waals surface area contributed by atoms with E-state index in [1.54, 1.807) is 0 Å². The van der Waals surface area contributed by atoms with Crippen molar-refractivity contribution in [3.63, 3.8) is 0 Å². The normalized spacial score (nSPS) is 13.2. The lowest BCUT2D eigenvalue weighted by atomic mass is 10.1. The Bertz CT molecular complexity index is 1030. The van der Waals surface area contributed by atoms with Crippen LogP contribution in [-0.2, 0) is 33.5 Å². The molecule has 1 N–H and O–H groups in total. The summed E-state index contributed by atoms with van der Waals surface area (Å²) in [6.07, 6.45) is -9.29. The van der Waals surface area contributed by atoms with Crippen LogP contribution in [0, 0.1) is 0 Å². The van der Waals surface area contributed by atoms with E-state index in [1.807, 2.05) is 0 Å². The van der Waals surface area contributed by atoms with Crippen molar-refractivity contribution in [2.45, 2.75) is 42.4 Å². The monoisotopic (exact) mass is 453 g/mol. The SMILES string of the molecule is CC(C)(C(=O)NCc1ccc(C(F)(F)F)cc1)S(=O)(=O)c1cccc(C(F)(F)F)c1. The van der Waals surface area contributed by atoms with Crippen LogP contribution in [-0.4, -0.2) is 19.1 Å². The van der Waals surface area contributed by atoms with Gasteiger partial charge in [-0.2, -0.15) is 26.3 Å². The van der Waals surface area contributed by atoms with Gasteiger partial charge in [-0.3, -0.25) is 4.79 Å². The lowest BCUT2D eigenvalue weighted by molar-refractivity contribution is -0.138. The second-order valence-electron chi connectivity index (χ2n) is 6.92. The molecule has 0 unspecified atom stereocenters. The highest BCUT2D eigenvalue weighted by atomic mass is 32.2. The molecule has 0 saturated heterocycles. The van der Waals surface area contributed by atoms with Gasteiger partial charge in [0.25, 0.3) is 0 Å². The van der Waals surface area contributed by atoms with Gasteiger partial charge in [0.05, 0.1) is 16.0 Å². The van der Waals surface area contributed by atoms with E-state index in [-0.39, 0.29) is 12.1 Å². The third kappa shape index (κ3) is 4.94. The van der Waals surface area contributed by atoms with Crippen LogP contribution < -0.4 is 5.32 Å². The molecule has 164 valence electrons. The van der Waals surface area contributed by atoms with Gasteiger partial charge in [-0.25, -0.2) is 8.42 Å². The van der Waals surface area contributed by atoms with Gasteiger partial charge in [-0.05, 0) is 49.7 Å². The van der Waals surface area contributed by atoms with E-state index in [0.29, 0.717) is 12.1 Å². The summed E-state index contributed by atoms with van der Waals surface area (Å²) >= 11 is 0. The molecule has 2 rings (SSSR count). The minimum Gasteiger partial charge on any atom is -0.351 e. The van der Waals surface area contributed by atoms with Crippen molar-refractivity contribution in [1.29, 1.82) is 0 Å². The standard InChI is InChI=1S/C19H17F6NO3S/c1-17(2,30(28,29)15-5-3-4-14(10-15)19(23,24)25)16(27)26-11-12-6-8-13(9-7-12)18(20,21)22/h3-10H,11H2,1-2H3,(H,26,27). The summed E-state index contributed by atoms with van der Waals surface area (Å²) in [4.78, 5) is 11.8. The largest absolute Gasteiger partial charge is 0.416 e. The molecule has 0 spiro atoms. The molecule has 0 aliphatic heterocycles. The van der Waals surface area contributed by atoms with Crippen LogP contribution in [0.5, 0.6) is 0 Å². The van der Waals surface area contributed by atoms with Crippen LogP contribution >= 0.6 is 0 Å². The van der Waals surface area contributed by atoms with E-state index in [1.165, 1.54) is 0 Å². The summed E-state index contributed by atoms with van der Waals surface area (Å²) in [5.41, 5.74) is -1.78. The van der Waals surface area contributed by atoms with Crippen molar-refractivity contribution in [2.75, 3.05) is 0 Å². The Hall–Kier alpha value is -2.56. The number of sulfone groups is 1. The molecule has 0 aliphatic rings. The zero-order valence-electron chi connectivity index (χ0n) is 15.7. The fourth-order valence-corrected chi connectivity index (χ4v) is 3.91. The minimum atomic E-state index is -4.76. The molecule has 1 amide bonds. The molecule has 0 radical (unpaired) electrons. The number of alkyl halides is 6. The van der Waals surface area contributed by atoms with E-state index < -0.39 is 48.9 Å². The molecule has 0 aliphatic carbocycles. The Labute approximate surface area is 168 Å². The molecule has 0 saturated carbocycles.